The number of aromatic nitrogens is 2. The van der Waals surface area contributed by atoms with Crippen LogP contribution in [0.5, 0.6) is 0 Å². The molecule has 2 heterocycles. The molecule has 1 amide bonds. The lowest BCUT2D eigenvalue weighted by Gasteiger charge is -2.30. The molecule has 5 heteroatoms. The molecule has 4 nitrogen and oxygen atoms in total. The van der Waals surface area contributed by atoms with Gasteiger partial charge in [0.05, 0.1) is 5.02 Å². The molecule has 0 aliphatic carbocycles. The highest BCUT2D eigenvalue weighted by Gasteiger charge is 2.24. The predicted molar refractivity (Wildman–Crippen MR) is 61.3 cm³/mol. The predicted octanol–water partition coefficient (Wildman–Crippen LogP) is 2.00. The van der Waals surface area contributed by atoms with E-state index >= 15 is 0 Å². The largest absolute Gasteiger partial charge is 0.337 e. The van der Waals surface area contributed by atoms with E-state index in [0.29, 0.717) is 16.6 Å². The minimum Gasteiger partial charge on any atom is -0.337 e. The number of hydrogen-bond donors (Lipinski definition) is 0. The molecule has 0 spiro atoms. The van der Waals surface area contributed by atoms with Gasteiger partial charge < -0.3 is 4.90 Å². The van der Waals surface area contributed by atoms with E-state index < -0.39 is 0 Å². The number of rotatable bonds is 1. The standard InChI is InChI=1S/C11H14ClN3O/c1-8-3-2-4-15(6-8)11(16)10-9(12)5-13-7-14-10/h5,7-8H,2-4,6H2,1H3. The monoisotopic (exact) mass is 239 g/mol. The maximum Gasteiger partial charge on any atom is 0.274 e. The van der Waals surface area contributed by atoms with Crippen LogP contribution in [0.2, 0.25) is 5.02 Å². The molecule has 1 unspecified atom stereocenters. The lowest BCUT2D eigenvalue weighted by molar-refractivity contribution is 0.0677. The Morgan fingerprint density at radius 1 is 1.62 bits per heavy atom. The Labute approximate surface area is 99.6 Å². The highest BCUT2D eigenvalue weighted by atomic mass is 35.5. The van der Waals surface area contributed by atoms with Gasteiger partial charge in [0.2, 0.25) is 0 Å². The van der Waals surface area contributed by atoms with Gasteiger partial charge in [-0.15, -0.1) is 0 Å². The second-order valence-electron chi connectivity index (χ2n) is 4.22. The molecular weight excluding hydrogens is 226 g/mol. The van der Waals surface area contributed by atoms with Crippen LogP contribution in [0.3, 0.4) is 0 Å². The highest BCUT2D eigenvalue weighted by Crippen LogP contribution is 2.19. The normalized spacial score (nSPS) is 20.9. The van der Waals surface area contributed by atoms with Crippen LogP contribution in [-0.2, 0) is 0 Å². The lowest BCUT2D eigenvalue weighted by atomic mass is 10.00. The van der Waals surface area contributed by atoms with Crippen molar-refractivity contribution in [2.45, 2.75) is 19.8 Å². The van der Waals surface area contributed by atoms with Gasteiger partial charge >= 0.3 is 0 Å². The molecule has 1 saturated heterocycles. The third-order valence-electron chi connectivity index (χ3n) is 2.81. The van der Waals surface area contributed by atoms with Crippen molar-refractivity contribution in [2.24, 2.45) is 5.92 Å². The van der Waals surface area contributed by atoms with E-state index in [1.54, 1.807) is 0 Å². The summed E-state index contributed by atoms with van der Waals surface area (Å²) in [5.41, 5.74) is 0.311. The van der Waals surface area contributed by atoms with Gasteiger partial charge in [-0.3, -0.25) is 4.79 Å². The molecule has 0 bridgehead atoms. The number of hydrogen-bond acceptors (Lipinski definition) is 3. The second-order valence-corrected chi connectivity index (χ2v) is 4.63. The maximum absolute atomic E-state index is 12.1. The van der Waals surface area contributed by atoms with Crippen LogP contribution < -0.4 is 0 Å². The van der Waals surface area contributed by atoms with Crippen LogP contribution in [0.1, 0.15) is 30.3 Å². The Bertz CT molecular complexity index is 397. The number of likely N-dealkylation sites (tertiary alicyclic amines) is 1. The first-order valence-corrected chi connectivity index (χ1v) is 5.81. The molecule has 86 valence electrons. The zero-order valence-corrected chi connectivity index (χ0v) is 9.94. The average Bonchev–Trinajstić information content (AvgIpc) is 2.29. The van der Waals surface area contributed by atoms with Gasteiger partial charge in [-0.05, 0) is 18.8 Å². The zero-order chi connectivity index (χ0) is 11.5. The van der Waals surface area contributed by atoms with E-state index in [2.05, 4.69) is 16.9 Å². The first kappa shape index (κ1) is 11.3. The Kier molecular flexibility index (Phi) is 3.39. The van der Waals surface area contributed by atoms with E-state index in [-0.39, 0.29) is 5.91 Å². The fraction of sp³-hybridized carbons (Fsp3) is 0.545. The van der Waals surface area contributed by atoms with Gasteiger partial charge in [0, 0.05) is 19.3 Å². The van der Waals surface area contributed by atoms with Gasteiger partial charge in [-0.25, -0.2) is 9.97 Å². The van der Waals surface area contributed by atoms with Crippen molar-refractivity contribution in [3.8, 4) is 0 Å². The Morgan fingerprint density at radius 3 is 3.12 bits per heavy atom. The zero-order valence-electron chi connectivity index (χ0n) is 9.19. The first-order chi connectivity index (χ1) is 7.68. The molecule has 2 rings (SSSR count). The summed E-state index contributed by atoms with van der Waals surface area (Å²) < 4.78 is 0. The molecule has 16 heavy (non-hydrogen) atoms. The third kappa shape index (κ3) is 2.32. The van der Waals surface area contributed by atoms with E-state index in [1.165, 1.54) is 18.9 Å². The van der Waals surface area contributed by atoms with E-state index in [0.717, 1.165) is 19.5 Å². The molecule has 1 aromatic heterocycles. The number of nitrogens with zero attached hydrogens (tertiary/aromatic N) is 3. The summed E-state index contributed by atoms with van der Waals surface area (Å²) in [5, 5.41) is 0.325. The lowest BCUT2D eigenvalue weighted by Crippen LogP contribution is -2.39. The molecular formula is C11H14ClN3O. The average molecular weight is 240 g/mol. The molecule has 0 saturated carbocycles. The van der Waals surface area contributed by atoms with Crippen molar-refractivity contribution in [1.82, 2.24) is 14.9 Å². The number of carbonyl (C=O) groups excluding carboxylic acids is 1. The molecule has 1 aliphatic rings. The number of carbonyl (C=O) groups is 1. The van der Waals surface area contributed by atoms with Crippen LogP contribution >= 0.6 is 11.6 Å². The van der Waals surface area contributed by atoms with Gasteiger partial charge in [0.15, 0.2) is 0 Å². The third-order valence-corrected chi connectivity index (χ3v) is 3.09. The molecule has 0 radical (unpaired) electrons. The van der Waals surface area contributed by atoms with Crippen LogP contribution in [-0.4, -0.2) is 33.9 Å². The SMILES string of the molecule is CC1CCCN(C(=O)c2ncncc2Cl)C1. The smallest absolute Gasteiger partial charge is 0.274 e. The van der Waals surface area contributed by atoms with Gasteiger partial charge in [0.1, 0.15) is 12.0 Å². The molecule has 1 aromatic rings. The van der Waals surface area contributed by atoms with Gasteiger partial charge in [0.25, 0.3) is 5.91 Å². The molecule has 1 atom stereocenters. The van der Waals surface area contributed by atoms with Crippen molar-refractivity contribution in [1.29, 1.82) is 0 Å². The van der Waals surface area contributed by atoms with Gasteiger partial charge in [-0.2, -0.15) is 0 Å². The number of halogens is 1. The Balaban J connectivity index is 2.16. The summed E-state index contributed by atoms with van der Waals surface area (Å²) >= 11 is 5.90. The Hall–Kier alpha value is -1.16. The molecule has 1 aliphatic heterocycles. The molecule has 1 fully saturated rings. The quantitative estimate of drug-likeness (QED) is 0.753. The fourth-order valence-corrected chi connectivity index (χ4v) is 2.18. The number of amides is 1. The van der Waals surface area contributed by atoms with Crippen molar-refractivity contribution < 1.29 is 4.79 Å². The topological polar surface area (TPSA) is 46.1 Å². The van der Waals surface area contributed by atoms with E-state index in [4.69, 9.17) is 11.6 Å². The summed E-state index contributed by atoms with van der Waals surface area (Å²) in [7, 11) is 0. The van der Waals surface area contributed by atoms with Crippen molar-refractivity contribution in [3.63, 3.8) is 0 Å². The minimum absolute atomic E-state index is 0.0843. The van der Waals surface area contributed by atoms with Crippen molar-refractivity contribution >= 4 is 17.5 Å². The minimum atomic E-state index is -0.0843. The van der Waals surface area contributed by atoms with Crippen LogP contribution in [0.15, 0.2) is 12.5 Å². The highest BCUT2D eigenvalue weighted by molar-refractivity contribution is 6.33. The van der Waals surface area contributed by atoms with Crippen LogP contribution in [0, 0.1) is 5.92 Å². The summed E-state index contributed by atoms with van der Waals surface area (Å²) in [6, 6.07) is 0. The summed E-state index contributed by atoms with van der Waals surface area (Å²) in [4.78, 5) is 21.7. The van der Waals surface area contributed by atoms with E-state index in [1.807, 2.05) is 4.90 Å². The summed E-state index contributed by atoms with van der Waals surface area (Å²) in [6.45, 7) is 3.74. The molecule has 0 N–H and O–H groups in total. The van der Waals surface area contributed by atoms with Crippen molar-refractivity contribution in [3.05, 3.63) is 23.2 Å². The van der Waals surface area contributed by atoms with Crippen LogP contribution in [0.25, 0.3) is 0 Å². The van der Waals surface area contributed by atoms with Crippen molar-refractivity contribution in [2.75, 3.05) is 13.1 Å². The second kappa shape index (κ2) is 4.78. The first-order valence-electron chi connectivity index (χ1n) is 5.43. The van der Waals surface area contributed by atoms with E-state index in [9.17, 15) is 4.79 Å². The van der Waals surface area contributed by atoms with Crippen LogP contribution in [0.4, 0.5) is 0 Å². The summed E-state index contributed by atoms with van der Waals surface area (Å²) in [5.74, 6) is 0.470. The Morgan fingerprint density at radius 2 is 2.44 bits per heavy atom. The number of piperidine rings is 1. The fourth-order valence-electron chi connectivity index (χ4n) is 1.99. The van der Waals surface area contributed by atoms with Gasteiger partial charge in [-0.1, -0.05) is 18.5 Å². The molecule has 0 aromatic carbocycles. The summed E-state index contributed by atoms with van der Waals surface area (Å²) in [6.07, 6.45) is 5.04. The maximum atomic E-state index is 12.1.